The first-order valence-electron chi connectivity index (χ1n) is 14.4. The topological polar surface area (TPSA) is 114 Å². The minimum atomic E-state index is -0.749. The van der Waals surface area contributed by atoms with E-state index in [0.29, 0.717) is 28.8 Å². The van der Waals surface area contributed by atoms with Gasteiger partial charge in [-0.05, 0) is 48.1 Å². The van der Waals surface area contributed by atoms with Crippen LogP contribution in [-0.2, 0) is 4.79 Å². The molecule has 3 aromatic carbocycles. The lowest BCUT2D eigenvalue weighted by Crippen LogP contribution is -2.61. The van der Waals surface area contributed by atoms with Crippen LogP contribution >= 0.6 is 0 Å². The molecule has 0 radical (unpaired) electrons. The van der Waals surface area contributed by atoms with E-state index >= 15 is 4.39 Å². The van der Waals surface area contributed by atoms with E-state index in [1.165, 1.54) is 35.2 Å². The Morgan fingerprint density at radius 3 is 2.80 bits per heavy atom. The number of piperazine rings is 1. The Bertz CT molecular complexity index is 1980. The van der Waals surface area contributed by atoms with Gasteiger partial charge in [0.15, 0.2) is 12.0 Å². The number of carbonyl (C=O) groups excluding carboxylic acids is 1. The molecular formula is C33H28F2N6O3. The second-order valence-corrected chi connectivity index (χ2v) is 11.6. The van der Waals surface area contributed by atoms with Crippen molar-refractivity contribution in [3.8, 4) is 41.0 Å². The molecule has 0 spiro atoms. The lowest BCUT2D eigenvalue weighted by molar-refractivity contribution is -0.128. The van der Waals surface area contributed by atoms with E-state index in [-0.39, 0.29) is 75.7 Å². The van der Waals surface area contributed by atoms with Gasteiger partial charge in [-0.15, -0.1) is 6.42 Å². The van der Waals surface area contributed by atoms with Gasteiger partial charge in [0.05, 0.1) is 22.7 Å². The van der Waals surface area contributed by atoms with E-state index in [4.69, 9.17) is 11.2 Å². The summed E-state index contributed by atoms with van der Waals surface area (Å²) in [6, 6.07) is 9.42. The van der Waals surface area contributed by atoms with Crippen molar-refractivity contribution in [2.75, 3.05) is 37.4 Å². The molecule has 2 fully saturated rings. The number of terminal acetylenes is 1. The molecule has 9 nitrogen and oxygen atoms in total. The van der Waals surface area contributed by atoms with Crippen LogP contribution in [0.25, 0.3) is 32.8 Å². The number of aromatic nitrogens is 1. The lowest BCUT2D eigenvalue weighted by Gasteiger charge is -2.45. The molecule has 222 valence electrons. The highest BCUT2D eigenvalue weighted by Crippen LogP contribution is 2.50. The first kappa shape index (κ1) is 27.7. The van der Waals surface area contributed by atoms with Crippen LogP contribution in [0, 0.1) is 35.3 Å². The number of hydrogen-bond donors (Lipinski definition) is 3. The van der Waals surface area contributed by atoms with Crippen LogP contribution in [0.2, 0.25) is 0 Å². The molecule has 3 atom stereocenters. The van der Waals surface area contributed by atoms with E-state index in [0.717, 1.165) is 12.8 Å². The number of benzene rings is 3. The SMILES string of the molecule is C#Cc1c(F)ccc2cc(O)cc(-c3cc4c5c(c(C#N)c(NCCC(=O)N(C)C)nc5c3F)N3CC5CCC(N5)C3O4)c12. The van der Waals surface area contributed by atoms with E-state index in [1.807, 2.05) is 4.90 Å². The number of aromatic hydroxyl groups is 1. The highest BCUT2D eigenvalue weighted by Gasteiger charge is 2.46. The molecule has 1 aromatic heterocycles. The van der Waals surface area contributed by atoms with Crippen LogP contribution in [0.4, 0.5) is 20.3 Å². The zero-order chi connectivity index (χ0) is 30.9. The largest absolute Gasteiger partial charge is 0.508 e. The van der Waals surface area contributed by atoms with E-state index in [2.05, 4.69) is 27.6 Å². The molecular weight excluding hydrogens is 566 g/mol. The van der Waals surface area contributed by atoms with Crippen molar-refractivity contribution in [1.29, 1.82) is 5.26 Å². The summed E-state index contributed by atoms with van der Waals surface area (Å²) in [5.41, 5.74) is 0.812. The van der Waals surface area contributed by atoms with Crippen molar-refractivity contribution in [1.82, 2.24) is 15.2 Å². The third kappa shape index (κ3) is 4.15. The number of hydrogen-bond acceptors (Lipinski definition) is 8. The van der Waals surface area contributed by atoms with E-state index < -0.39 is 17.9 Å². The van der Waals surface area contributed by atoms with Crippen LogP contribution < -0.4 is 20.3 Å². The van der Waals surface area contributed by atoms with Gasteiger partial charge in [-0.3, -0.25) is 4.79 Å². The Morgan fingerprint density at radius 1 is 1.23 bits per heavy atom. The van der Waals surface area contributed by atoms with Crippen molar-refractivity contribution in [3.63, 3.8) is 0 Å². The van der Waals surface area contributed by atoms with E-state index in [9.17, 15) is 19.6 Å². The fourth-order valence-corrected chi connectivity index (χ4v) is 6.73. The van der Waals surface area contributed by atoms with Crippen LogP contribution in [-0.4, -0.2) is 66.4 Å². The molecule has 4 heterocycles. The average molecular weight is 595 g/mol. The minimum Gasteiger partial charge on any atom is -0.508 e. The van der Waals surface area contributed by atoms with Crippen molar-refractivity contribution in [2.24, 2.45) is 0 Å². The number of phenols is 1. The first-order valence-corrected chi connectivity index (χ1v) is 14.4. The van der Waals surface area contributed by atoms with Gasteiger partial charge in [-0.2, -0.15) is 5.26 Å². The van der Waals surface area contributed by atoms with Gasteiger partial charge >= 0.3 is 0 Å². The smallest absolute Gasteiger partial charge is 0.223 e. The van der Waals surface area contributed by atoms with Crippen molar-refractivity contribution in [3.05, 3.63) is 53.1 Å². The number of phenolic OH excluding ortho intramolecular Hbond substituents is 1. The molecule has 0 saturated carbocycles. The predicted molar refractivity (Wildman–Crippen MR) is 162 cm³/mol. The predicted octanol–water partition coefficient (Wildman–Crippen LogP) is 4.44. The number of carbonyl (C=O) groups is 1. The lowest BCUT2D eigenvalue weighted by atomic mass is 9.91. The maximum Gasteiger partial charge on any atom is 0.223 e. The standard InChI is InChI=1S/C33H28F2N6O3/c1-4-19-23(34)7-5-16-11-18(42)12-20(27(16)19)21-13-25-28-30(29(21)35)39-32(37-10-9-26(43)40(2)3)22(14-36)31(28)41-15-17-6-8-24(38-17)33(41)44-25/h1,5,7,11-13,17,24,33,38,42H,6,8-10,15H2,2-3H3,(H,37,39). The van der Waals surface area contributed by atoms with Gasteiger partial charge < -0.3 is 30.3 Å². The summed E-state index contributed by atoms with van der Waals surface area (Å²) in [4.78, 5) is 20.3. The maximum absolute atomic E-state index is 16.9. The van der Waals surface area contributed by atoms with Crippen molar-refractivity contribution in [2.45, 2.75) is 37.6 Å². The Morgan fingerprint density at radius 2 is 2.05 bits per heavy atom. The number of halogens is 2. The summed E-state index contributed by atoms with van der Waals surface area (Å²) < 4.78 is 38.3. The summed E-state index contributed by atoms with van der Waals surface area (Å²) >= 11 is 0. The molecule has 2 saturated heterocycles. The average Bonchev–Trinajstić information content (AvgIpc) is 3.40. The molecule has 7 rings (SSSR count). The zero-order valence-corrected chi connectivity index (χ0v) is 24.0. The first-order chi connectivity index (χ1) is 21.2. The number of nitriles is 1. The molecule has 0 aliphatic carbocycles. The fraction of sp³-hybridized carbons (Fsp3) is 0.303. The van der Waals surface area contributed by atoms with E-state index in [1.54, 1.807) is 14.1 Å². The number of pyridine rings is 1. The minimum absolute atomic E-state index is 0.00825. The molecule has 3 N–H and O–H groups in total. The molecule has 4 aromatic rings. The molecule has 1 amide bonds. The third-order valence-electron chi connectivity index (χ3n) is 8.74. The molecule has 3 aliphatic rings. The van der Waals surface area contributed by atoms with Gasteiger partial charge in [-0.1, -0.05) is 12.0 Å². The summed E-state index contributed by atoms with van der Waals surface area (Å²) in [5.74, 6) is 1.16. The normalized spacial score (nSPS) is 19.7. The number of fused-ring (bicyclic) bond motifs is 6. The summed E-state index contributed by atoms with van der Waals surface area (Å²) in [6.07, 6.45) is 7.16. The second-order valence-electron chi connectivity index (χ2n) is 11.6. The number of amides is 1. The van der Waals surface area contributed by atoms with Crippen molar-refractivity contribution < 1.29 is 23.4 Å². The summed E-state index contributed by atoms with van der Waals surface area (Å²) in [6.45, 7) is 0.727. The van der Waals surface area contributed by atoms with Gasteiger partial charge in [0.25, 0.3) is 0 Å². The number of nitrogens with one attached hydrogen (secondary N) is 2. The highest BCUT2D eigenvalue weighted by molar-refractivity contribution is 6.08. The maximum atomic E-state index is 16.9. The Balaban J connectivity index is 1.50. The highest BCUT2D eigenvalue weighted by atomic mass is 19.1. The molecule has 2 bridgehead atoms. The second kappa shape index (κ2) is 10.2. The Kier molecular flexibility index (Phi) is 6.45. The number of rotatable bonds is 5. The number of anilines is 2. The number of ether oxygens (including phenoxy) is 1. The number of nitrogens with zero attached hydrogens (tertiary/aromatic N) is 4. The van der Waals surface area contributed by atoms with Gasteiger partial charge in [0.1, 0.15) is 40.3 Å². The van der Waals surface area contributed by atoms with Crippen molar-refractivity contribution >= 4 is 39.1 Å². The molecule has 11 heteroatoms. The molecule has 3 unspecified atom stereocenters. The Hall–Kier alpha value is -5.13. The zero-order valence-electron chi connectivity index (χ0n) is 24.0. The fourth-order valence-electron chi connectivity index (χ4n) is 6.73. The van der Waals surface area contributed by atoms with Crippen LogP contribution in [0.3, 0.4) is 0 Å². The summed E-state index contributed by atoms with van der Waals surface area (Å²) in [7, 11) is 3.31. The van der Waals surface area contributed by atoms with Gasteiger partial charge in [-0.25, -0.2) is 13.8 Å². The van der Waals surface area contributed by atoms with Gasteiger partial charge in [0, 0.05) is 50.6 Å². The third-order valence-corrected chi connectivity index (χ3v) is 8.74. The monoisotopic (exact) mass is 594 g/mol. The quantitative estimate of drug-likeness (QED) is 0.291. The van der Waals surface area contributed by atoms with Crippen LogP contribution in [0.5, 0.6) is 11.5 Å². The van der Waals surface area contributed by atoms with Gasteiger partial charge in [0.2, 0.25) is 5.91 Å². The van der Waals surface area contributed by atoms with Crippen LogP contribution in [0.15, 0.2) is 30.3 Å². The summed E-state index contributed by atoms with van der Waals surface area (Å²) in [5, 5.41) is 28.7. The Labute approximate surface area is 252 Å². The molecule has 44 heavy (non-hydrogen) atoms. The van der Waals surface area contributed by atoms with Crippen LogP contribution in [0.1, 0.15) is 30.4 Å². The molecule has 3 aliphatic heterocycles.